The molecule has 1 heterocycles. The lowest BCUT2D eigenvalue weighted by molar-refractivity contribution is -0.139. The minimum Gasteiger partial charge on any atom is -0.484 e. The number of carbonyl (C=O) groups is 2. The summed E-state index contributed by atoms with van der Waals surface area (Å²) in [6.45, 7) is 5.91. The molecular weight excluding hydrogens is 256 g/mol. The Hall–Kier alpha value is -2.04. The molecule has 20 heavy (non-hydrogen) atoms. The third-order valence-electron chi connectivity index (χ3n) is 3.52. The van der Waals surface area contributed by atoms with Crippen LogP contribution in [-0.4, -0.2) is 54.4 Å². The van der Waals surface area contributed by atoms with Crippen LogP contribution < -0.4 is 4.74 Å². The maximum atomic E-state index is 12.1. The van der Waals surface area contributed by atoms with Crippen LogP contribution in [0.1, 0.15) is 12.5 Å². The summed E-state index contributed by atoms with van der Waals surface area (Å²) in [6.07, 6.45) is 0. The summed E-state index contributed by atoms with van der Waals surface area (Å²) in [5.41, 5.74) is 1.02. The van der Waals surface area contributed by atoms with Crippen molar-refractivity contribution in [1.82, 2.24) is 9.80 Å². The molecule has 1 fully saturated rings. The van der Waals surface area contributed by atoms with Crippen LogP contribution in [0.2, 0.25) is 0 Å². The molecule has 0 bridgehead atoms. The molecule has 5 heteroatoms. The first-order valence-electron chi connectivity index (χ1n) is 6.79. The van der Waals surface area contributed by atoms with E-state index in [2.05, 4.69) is 0 Å². The molecule has 2 amide bonds. The Morgan fingerprint density at radius 3 is 2.30 bits per heavy atom. The van der Waals surface area contributed by atoms with E-state index in [9.17, 15) is 9.59 Å². The second-order valence-electron chi connectivity index (χ2n) is 4.94. The van der Waals surface area contributed by atoms with E-state index in [1.54, 1.807) is 16.7 Å². The number of hydrogen-bond donors (Lipinski definition) is 0. The highest BCUT2D eigenvalue weighted by atomic mass is 16.5. The standard InChI is InChI=1S/C15H20N2O3/c1-12-5-3-4-6-14(12)20-11-15(19)17-9-7-16(8-10-17)13(2)18/h3-6H,7-11H2,1-2H3. The summed E-state index contributed by atoms with van der Waals surface area (Å²) in [5.74, 6) is 0.771. The highest BCUT2D eigenvalue weighted by Crippen LogP contribution is 2.16. The number of piperazine rings is 1. The van der Waals surface area contributed by atoms with E-state index in [-0.39, 0.29) is 18.4 Å². The molecule has 5 nitrogen and oxygen atoms in total. The van der Waals surface area contributed by atoms with E-state index in [1.165, 1.54) is 0 Å². The van der Waals surface area contributed by atoms with Crippen molar-refractivity contribution in [3.8, 4) is 5.75 Å². The quantitative estimate of drug-likeness (QED) is 0.829. The minimum absolute atomic E-state index is 0.0311. The highest BCUT2D eigenvalue weighted by Gasteiger charge is 2.22. The van der Waals surface area contributed by atoms with Gasteiger partial charge in [-0.2, -0.15) is 0 Å². The zero-order valence-corrected chi connectivity index (χ0v) is 12.0. The van der Waals surface area contributed by atoms with Crippen LogP contribution in [0.3, 0.4) is 0 Å². The number of hydrogen-bond acceptors (Lipinski definition) is 3. The minimum atomic E-state index is -0.0311. The van der Waals surface area contributed by atoms with Crippen molar-refractivity contribution in [2.75, 3.05) is 32.8 Å². The zero-order chi connectivity index (χ0) is 14.5. The molecule has 1 aliphatic rings. The summed E-state index contributed by atoms with van der Waals surface area (Å²) in [4.78, 5) is 26.8. The van der Waals surface area contributed by atoms with Crippen molar-refractivity contribution in [3.05, 3.63) is 29.8 Å². The molecule has 1 aromatic rings. The fourth-order valence-electron chi connectivity index (χ4n) is 2.22. The van der Waals surface area contributed by atoms with Crippen molar-refractivity contribution in [2.45, 2.75) is 13.8 Å². The van der Waals surface area contributed by atoms with Crippen LogP contribution in [0, 0.1) is 6.92 Å². The van der Waals surface area contributed by atoms with E-state index in [4.69, 9.17) is 4.74 Å². The molecule has 0 spiro atoms. The van der Waals surface area contributed by atoms with Crippen LogP contribution in [0.4, 0.5) is 0 Å². The highest BCUT2D eigenvalue weighted by molar-refractivity contribution is 5.78. The number of rotatable bonds is 3. The topological polar surface area (TPSA) is 49.9 Å². The zero-order valence-electron chi connectivity index (χ0n) is 12.0. The van der Waals surface area contributed by atoms with Gasteiger partial charge in [0.25, 0.3) is 5.91 Å². The number of ether oxygens (including phenoxy) is 1. The van der Waals surface area contributed by atoms with E-state index >= 15 is 0 Å². The largest absolute Gasteiger partial charge is 0.484 e. The van der Waals surface area contributed by atoms with E-state index in [1.807, 2.05) is 31.2 Å². The molecule has 108 valence electrons. The van der Waals surface area contributed by atoms with Crippen LogP contribution in [0.15, 0.2) is 24.3 Å². The number of para-hydroxylation sites is 1. The molecule has 0 aromatic heterocycles. The average molecular weight is 276 g/mol. The third kappa shape index (κ3) is 3.50. The Bertz CT molecular complexity index is 494. The van der Waals surface area contributed by atoms with E-state index in [0.29, 0.717) is 26.2 Å². The molecule has 0 N–H and O–H groups in total. The second kappa shape index (κ2) is 6.41. The van der Waals surface area contributed by atoms with Crippen molar-refractivity contribution in [2.24, 2.45) is 0 Å². The summed E-state index contributed by atoms with van der Waals surface area (Å²) in [7, 11) is 0. The molecular formula is C15H20N2O3. The molecule has 0 radical (unpaired) electrons. The lowest BCUT2D eigenvalue weighted by atomic mass is 10.2. The fraction of sp³-hybridized carbons (Fsp3) is 0.467. The molecule has 0 aliphatic carbocycles. The predicted molar refractivity (Wildman–Crippen MR) is 75.5 cm³/mol. The molecule has 1 saturated heterocycles. The first-order chi connectivity index (χ1) is 9.58. The van der Waals surface area contributed by atoms with Gasteiger partial charge in [-0.3, -0.25) is 9.59 Å². The second-order valence-corrected chi connectivity index (χ2v) is 4.94. The van der Waals surface area contributed by atoms with Gasteiger partial charge in [-0.15, -0.1) is 0 Å². The number of nitrogens with zero attached hydrogens (tertiary/aromatic N) is 2. The Labute approximate surface area is 119 Å². The lowest BCUT2D eigenvalue weighted by Crippen LogP contribution is -2.51. The monoisotopic (exact) mass is 276 g/mol. The molecule has 0 atom stereocenters. The Kier molecular flexibility index (Phi) is 4.61. The predicted octanol–water partition coefficient (Wildman–Crippen LogP) is 1.06. The average Bonchev–Trinajstić information content (AvgIpc) is 2.46. The summed E-state index contributed by atoms with van der Waals surface area (Å²) < 4.78 is 5.55. The first-order valence-corrected chi connectivity index (χ1v) is 6.79. The van der Waals surface area contributed by atoms with Crippen molar-refractivity contribution >= 4 is 11.8 Å². The Morgan fingerprint density at radius 2 is 1.70 bits per heavy atom. The maximum absolute atomic E-state index is 12.1. The molecule has 0 unspecified atom stereocenters. The van der Waals surface area contributed by atoms with Gasteiger partial charge in [-0.05, 0) is 18.6 Å². The van der Waals surface area contributed by atoms with Gasteiger partial charge in [0.2, 0.25) is 5.91 Å². The molecule has 1 aromatic carbocycles. The fourth-order valence-corrected chi connectivity index (χ4v) is 2.22. The number of aryl methyl sites for hydroxylation is 1. The van der Waals surface area contributed by atoms with Gasteiger partial charge < -0.3 is 14.5 Å². The van der Waals surface area contributed by atoms with Crippen LogP contribution in [0.5, 0.6) is 5.75 Å². The normalized spacial score (nSPS) is 15.1. The molecule has 1 aliphatic heterocycles. The van der Waals surface area contributed by atoms with Gasteiger partial charge in [0.05, 0.1) is 0 Å². The van der Waals surface area contributed by atoms with Crippen molar-refractivity contribution in [3.63, 3.8) is 0 Å². The number of amides is 2. The maximum Gasteiger partial charge on any atom is 0.260 e. The summed E-state index contributed by atoms with van der Waals surface area (Å²) in [6, 6.07) is 7.63. The van der Waals surface area contributed by atoms with Crippen molar-refractivity contribution < 1.29 is 14.3 Å². The number of carbonyl (C=O) groups excluding carboxylic acids is 2. The first kappa shape index (κ1) is 14.4. The van der Waals surface area contributed by atoms with Crippen LogP contribution in [-0.2, 0) is 9.59 Å². The Morgan fingerprint density at radius 1 is 1.10 bits per heavy atom. The van der Waals surface area contributed by atoms with Crippen molar-refractivity contribution in [1.29, 1.82) is 0 Å². The smallest absolute Gasteiger partial charge is 0.260 e. The number of benzene rings is 1. The van der Waals surface area contributed by atoms with Gasteiger partial charge in [0.15, 0.2) is 6.61 Å². The summed E-state index contributed by atoms with van der Waals surface area (Å²) >= 11 is 0. The van der Waals surface area contributed by atoms with Gasteiger partial charge in [-0.1, -0.05) is 18.2 Å². The SMILES string of the molecule is CC(=O)N1CCN(C(=O)COc2ccccc2C)CC1. The van der Waals surface area contributed by atoms with Crippen LogP contribution in [0.25, 0.3) is 0 Å². The van der Waals surface area contributed by atoms with Gasteiger partial charge >= 0.3 is 0 Å². The third-order valence-corrected chi connectivity index (χ3v) is 3.52. The van der Waals surface area contributed by atoms with Gasteiger partial charge in [0.1, 0.15) is 5.75 Å². The molecule has 0 saturated carbocycles. The van der Waals surface area contributed by atoms with E-state index < -0.39 is 0 Å². The Balaban J connectivity index is 1.82. The van der Waals surface area contributed by atoms with Gasteiger partial charge in [0, 0.05) is 33.1 Å². The molecule has 2 rings (SSSR count). The summed E-state index contributed by atoms with van der Waals surface area (Å²) in [5, 5.41) is 0. The van der Waals surface area contributed by atoms with E-state index in [0.717, 1.165) is 11.3 Å². The van der Waals surface area contributed by atoms with Gasteiger partial charge in [-0.25, -0.2) is 0 Å². The lowest BCUT2D eigenvalue weighted by Gasteiger charge is -2.34. The van der Waals surface area contributed by atoms with Crippen LogP contribution >= 0.6 is 0 Å².